The fourth-order valence-corrected chi connectivity index (χ4v) is 2.48. The van der Waals surface area contributed by atoms with Gasteiger partial charge in [-0.1, -0.05) is 18.2 Å². The molecule has 0 aromatic heterocycles. The summed E-state index contributed by atoms with van der Waals surface area (Å²) in [6.45, 7) is 0. The number of hydrogen-bond acceptors (Lipinski definition) is 1. The van der Waals surface area contributed by atoms with Crippen molar-refractivity contribution in [1.29, 1.82) is 0 Å². The number of aliphatic hydroxyl groups is 1. The number of halogens is 1. The van der Waals surface area contributed by atoms with E-state index in [0.29, 0.717) is 5.92 Å². The third-order valence-electron chi connectivity index (χ3n) is 2.46. The van der Waals surface area contributed by atoms with E-state index in [4.69, 9.17) is 5.11 Å². The number of benzene rings is 1. The fourth-order valence-electron chi connectivity index (χ4n) is 1.65. The third-order valence-corrected chi connectivity index (χ3v) is 3.44. The predicted molar refractivity (Wildman–Crippen MR) is 57.1 cm³/mol. The summed E-state index contributed by atoms with van der Waals surface area (Å²) in [6.07, 6.45) is 1.84. The Kier molecular flexibility index (Phi) is 2.37. The Morgan fingerprint density at radius 3 is 2.50 bits per heavy atom. The minimum atomic E-state index is -0.0500. The molecule has 0 bridgehead atoms. The van der Waals surface area contributed by atoms with E-state index in [1.165, 1.54) is 9.13 Å². The molecule has 12 heavy (non-hydrogen) atoms. The molecule has 1 aromatic carbocycles. The van der Waals surface area contributed by atoms with E-state index in [2.05, 4.69) is 46.9 Å². The van der Waals surface area contributed by atoms with Crippen LogP contribution in [0.4, 0.5) is 0 Å². The van der Waals surface area contributed by atoms with Gasteiger partial charge in [0.1, 0.15) is 0 Å². The van der Waals surface area contributed by atoms with Crippen molar-refractivity contribution in [2.75, 3.05) is 0 Å². The van der Waals surface area contributed by atoms with Crippen LogP contribution in [-0.2, 0) is 0 Å². The highest BCUT2D eigenvalue weighted by molar-refractivity contribution is 14.1. The molecule has 1 aliphatic rings. The molecule has 1 aliphatic carbocycles. The first-order chi connectivity index (χ1) is 5.77. The van der Waals surface area contributed by atoms with Crippen molar-refractivity contribution in [1.82, 2.24) is 0 Å². The van der Waals surface area contributed by atoms with E-state index in [9.17, 15) is 0 Å². The fraction of sp³-hybridized carbons (Fsp3) is 0.400. The summed E-state index contributed by atoms with van der Waals surface area (Å²) >= 11 is 2.36. The predicted octanol–water partition coefficient (Wildman–Crippen LogP) is 2.53. The van der Waals surface area contributed by atoms with Crippen molar-refractivity contribution in [3.63, 3.8) is 0 Å². The number of hydrogen-bond donors (Lipinski definition) is 1. The first kappa shape index (κ1) is 8.51. The number of aliphatic hydroxyl groups excluding tert-OH is 1. The van der Waals surface area contributed by atoms with Crippen molar-refractivity contribution < 1.29 is 5.11 Å². The molecule has 0 saturated heterocycles. The Bertz CT molecular complexity index is 279. The maximum absolute atomic E-state index is 9.17. The Hall–Kier alpha value is -0.0900. The van der Waals surface area contributed by atoms with E-state index < -0.39 is 0 Å². The molecule has 0 atom stereocenters. The summed E-state index contributed by atoms with van der Waals surface area (Å²) in [6, 6.07) is 8.42. The Morgan fingerprint density at radius 2 is 1.92 bits per heavy atom. The van der Waals surface area contributed by atoms with Crippen molar-refractivity contribution in [3.05, 3.63) is 33.4 Å². The molecule has 2 rings (SSSR count). The minimum Gasteiger partial charge on any atom is -0.393 e. The van der Waals surface area contributed by atoms with Crippen LogP contribution >= 0.6 is 22.6 Å². The molecule has 0 radical (unpaired) electrons. The summed E-state index contributed by atoms with van der Waals surface area (Å²) in [5, 5.41) is 9.17. The van der Waals surface area contributed by atoms with Gasteiger partial charge < -0.3 is 5.11 Å². The standard InChI is InChI=1S/C10H11IO/c11-10-4-2-1-3-9(10)7-5-8(12)6-7/h1-4,7-8,12H,5-6H2. The molecule has 0 unspecified atom stereocenters. The molecule has 64 valence electrons. The average Bonchev–Trinajstić information content (AvgIpc) is 2.01. The van der Waals surface area contributed by atoms with Crippen molar-refractivity contribution in [3.8, 4) is 0 Å². The van der Waals surface area contributed by atoms with Gasteiger partial charge in [-0.15, -0.1) is 0 Å². The van der Waals surface area contributed by atoms with Gasteiger partial charge in [-0.2, -0.15) is 0 Å². The molecule has 0 heterocycles. The van der Waals surface area contributed by atoms with Gasteiger partial charge in [0.15, 0.2) is 0 Å². The van der Waals surface area contributed by atoms with Gasteiger partial charge in [0.05, 0.1) is 6.10 Å². The monoisotopic (exact) mass is 274 g/mol. The molecule has 0 amide bonds. The summed E-state index contributed by atoms with van der Waals surface area (Å²) in [7, 11) is 0. The third kappa shape index (κ3) is 1.50. The van der Waals surface area contributed by atoms with Crippen LogP contribution < -0.4 is 0 Å². The maximum atomic E-state index is 9.17. The summed E-state index contributed by atoms with van der Waals surface area (Å²) in [5.41, 5.74) is 1.41. The average molecular weight is 274 g/mol. The van der Waals surface area contributed by atoms with Crippen LogP contribution in [-0.4, -0.2) is 11.2 Å². The van der Waals surface area contributed by atoms with E-state index in [-0.39, 0.29) is 6.10 Å². The van der Waals surface area contributed by atoms with Crippen LogP contribution in [0.2, 0.25) is 0 Å². The van der Waals surface area contributed by atoms with Gasteiger partial charge in [-0.05, 0) is 53.0 Å². The highest BCUT2D eigenvalue weighted by atomic mass is 127. The van der Waals surface area contributed by atoms with E-state index in [1.807, 2.05) is 0 Å². The maximum Gasteiger partial charge on any atom is 0.0552 e. The molecule has 1 fully saturated rings. The van der Waals surface area contributed by atoms with Gasteiger partial charge in [-0.3, -0.25) is 0 Å². The molecule has 1 aromatic rings. The zero-order chi connectivity index (χ0) is 8.55. The smallest absolute Gasteiger partial charge is 0.0552 e. The highest BCUT2D eigenvalue weighted by Crippen LogP contribution is 2.38. The van der Waals surface area contributed by atoms with Gasteiger partial charge in [0, 0.05) is 3.57 Å². The first-order valence-electron chi connectivity index (χ1n) is 4.20. The van der Waals surface area contributed by atoms with Crippen LogP contribution in [0.25, 0.3) is 0 Å². The Morgan fingerprint density at radius 1 is 1.25 bits per heavy atom. The lowest BCUT2D eigenvalue weighted by atomic mass is 9.78. The minimum absolute atomic E-state index is 0.0500. The summed E-state index contributed by atoms with van der Waals surface area (Å²) in [4.78, 5) is 0. The normalized spacial score (nSPS) is 28.2. The zero-order valence-electron chi connectivity index (χ0n) is 6.70. The SMILES string of the molecule is OC1CC(c2ccccc2I)C1. The lowest BCUT2D eigenvalue weighted by Gasteiger charge is -2.32. The van der Waals surface area contributed by atoms with Crippen LogP contribution in [0.1, 0.15) is 24.3 Å². The van der Waals surface area contributed by atoms with Gasteiger partial charge in [0.25, 0.3) is 0 Å². The van der Waals surface area contributed by atoms with Crippen LogP contribution in [0.3, 0.4) is 0 Å². The molecule has 0 aliphatic heterocycles. The Labute approximate surface area is 85.9 Å². The van der Waals surface area contributed by atoms with Crippen LogP contribution in [0, 0.1) is 3.57 Å². The Balaban J connectivity index is 2.18. The summed E-state index contributed by atoms with van der Waals surface area (Å²) in [5.74, 6) is 0.605. The van der Waals surface area contributed by atoms with E-state index in [0.717, 1.165) is 12.8 Å². The van der Waals surface area contributed by atoms with Crippen molar-refractivity contribution in [2.24, 2.45) is 0 Å². The van der Waals surface area contributed by atoms with Gasteiger partial charge >= 0.3 is 0 Å². The topological polar surface area (TPSA) is 20.2 Å². The molecule has 0 spiro atoms. The summed E-state index contributed by atoms with van der Waals surface area (Å²) < 4.78 is 1.33. The quantitative estimate of drug-likeness (QED) is 0.780. The molecule has 1 nitrogen and oxygen atoms in total. The molecule has 2 heteroatoms. The molecule has 1 saturated carbocycles. The lowest BCUT2D eigenvalue weighted by Crippen LogP contribution is -2.26. The second-order valence-electron chi connectivity index (χ2n) is 3.34. The zero-order valence-corrected chi connectivity index (χ0v) is 8.86. The lowest BCUT2D eigenvalue weighted by molar-refractivity contribution is 0.0744. The van der Waals surface area contributed by atoms with Gasteiger partial charge in [0.2, 0.25) is 0 Å². The van der Waals surface area contributed by atoms with Crippen LogP contribution in [0.15, 0.2) is 24.3 Å². The molecule has 1 N–H and O–H groups in total. The second-order valence-corrected chi connectivity index (χ2v) is 4.51. The molecular formula is C10H11IO. The number of rotatable bonds is 1. The largest absolute Gasteiger partial charge is 0.393 e. The van der Waals surface area contributed by atoms with Crippen molar-refractivity contribution >= 4 is 22.6 Å². The highest BCUT2D eigenvalue weighted by Gasteiger charge is 2.29. The molecular weight excluding hydrogens is 263 g/mol. The first-order valence-corrected chi connectivity index (χ1v) is 5.27. The van der Waals surface area contributed by atoms with Crippen LogP contribution in [0.5, 0.6) is 0 Å². The van der Waals surface area contributed by atoms with Crippen molar-refractivity contribution in [2.45, 2.75) is 24.9 Å². The second kappa shape index (κ2) is 3.34. The van der Waals surface area contributed by atoms with E-state index in [1.54, 1.807) is 0 Å². The van der Waals surface area contributed by atoms with Gasteiger partial charge in [-0.25, -0.2) is 0 Å². The van der Waals surface area contributed by atoms with E-state index >= 15 is 0 Å².